The van der Waals surface area contributed by atoms with Gasteiger partial charge >= 0.3 is 5.97 Å². The zero-order valence-corrected chi connectivity index (χ0v) is 9.22. The van der Waals surface area contributed by atoms with Crippen molar-refractivity contribution in [3.05, 3.63) is 33.8 Å². The van der Waals surface area contributed by atoms with Gasteiger partial charge < -0.3 is 4.84 Å². The molecule has 0 radical (unpaired) electrons. The molecule has 80 valence electrons. The van der Waals surface area contributed by atoms with Crippen LogP contribution in [-0.4, -0.2) is 11.9 Å². The molecule has 1 aromatic carbocycles. The van der Waals surface area contributed by atoms with Gasteiger partial charge in [0.25, 0.3) is 5.91 Å². The second-order valence-corrected chi connectivity index (χ2v) is 3.47. The van der Waals surface area contributed by atoms with E-state index in [0.717, 1.165) is 0 Å². The quantitative estimate of drug-likeness (QED) is 0.775. The summed E-state index contributed by atoms with van der Waals surface area (Å²) >= 11 is 11.4. The summed E-state index contributed by atoms with van der Waals surface area (Å²) in [6.07, 6.45) is 0. The summed E-state index contributed by atoms with van der Waals surface area (Å²) in [6, 6.07) is 4.32. The van der Waals surface area contributed by atoms with Crippen molar-refractivity contribution >= 4 is 35.1 Å². The summed E-state index contributed by atoms with van der Waals surface area (Å²) in [6.45, 7) is 1.18. The minimum absolute atomic E-state index is 0.255. The third-order valence-corrected chi connectivity index (χ3v) is 2.21. The largest absolute Gasteiger partial charge is 0.341 e. The molecule has 1 aromatic rings. The van der Waals surface area contributed by atoms with Crippen molar-refractivity contribution in [2.24, 2.45) is 0 Å². The van der Waals surface area contributed by atoms with E-state index in [2.05, 4.69) is 4.84 Å². The smallest absolute Gasteiger partial charge is 0.329 e. The number of halogens is 2. The number of hydroxylamine groups is 1. The van der Waals surface area contributed by atoms with Gasteiger partial charge in [0.15, 0.2) is 0 Å². The van der Waals surface area contributed by atoms with Crippen molar-refractivity contribution in [3.63, 3.8) is 0 Å². The molecule has 0 spiro atoms. The van der Waals surface area contributed by atoms with E-state index in [1.165, 1.54) is 25.1 Å². The molecule has 0 aromatic heterocycles. The van der Waals surface area contributed by atoms with Crippen LogP contribution in [-0.2, 0) is 9.63 Å². The molecule has 0 atom stereocenters. The van der Waals surface area contributed by atoms with Crippen molar-refractivity contribution in [2.75, 3.05) is 0 Å². The monoisotopic (exact) mass is 247 g/mol. The highest BCUT2D eigenvalue weighted by atomic mass is 35.5. The Morgan fingerprint density at radius 2 is 1.93 bits per heavy atom. The third kappa shape index (κ3) is 3.42. The van der Waals surface area contributed by atoms with Crippen molar-refractivity contribution in [1.29, 1.82) is 0 Å². The van der Waals surface area contributed by atoms with Crippen LogP contribution in [0, 0.1) is 0 Å². The summed E-state index contributed by atoms with van der Waals surface area (Å²) in [7, 11) is 0. The average molecular weight is 248 g/mol. The van der Waals surface area contributed by atoms with Gasteiger partial charge in [-0.05, 0) is 18.2 Å². The van der Waals surface area contributed by atoms with Crippen LogP contribution in [0.2, 0.25) is 10.0 Å². The van der Waals surface area contributed by atoms with Gasteiger partial charge in [-0.15, -0.1) is 0 Å². The second-order valence-electron chi connectivity index (χ2n) is 2.65. The van der Waals surface area contributed by atoms with Gasteiger partial charge in [0.1, 0.15) is 0 Å². The summed E-state index contributed by atoms with van der Waals surface area (Å²) in [5.74, 6) is -1.17. The van der Waals surface area contributed by atoms with E-state index in [1.54, 1.807) is 0 Å². The number of nitrogens with one attached hydrogen (secondary N) is 1. The van der Waals surface area contributed by atoms with Gasteiger partial charge in [-0.2, -0.15) is 5.48 Å². The summed E-state index contributed by atoms with van der Waals surface area (Å²) in [5.41, 5.74) is 2.21. The van der Waals surface area contributed by atoms with Crippen LogP contribution < -0.4 is 5.48 Å². The number of hydrogen-bond donors (Lipinski definition) is 1. The zero-order chi connectivity index (χ0) is 11.4. The highest BCUT2D eigenvalue weighted by Crippen LogP contribution is 2.22. The van der Waals surface area contributed by atoms with Gasteiger partial charge in [-0.1, -0.05) is 23.2 Å². The number of carbonyl (C=O) groups excluding carboxylic acids is 2. The first-order chi connectivity index (χ1) is 7.00. The first-order valence-electron chi connectivity index (χ1n) is 3.93. The Balaban J connectivity index is 2.74. The fourth-order valence-corrected chi connectivity index (χ4v) is 1.11. The third-order valence-electron chi connectivity index (χ3n) is 1.47. The molecule has 0 fully saturated rings. The molecule has 0 bridgehead atoms. The first kappa shape index (κ1) is 11.8. The fourth-order valence-electron chi connectivity index (χ4n) is 0.815. The molecule has 0 saturated carbocycles. The molecule has 1 amide bonds. The number of carbonyl (C=O) groups is 2. The SMILES string of the molecule is CC(=O)ONC(=O)c1ccc(Cl)c(Cl)c1. The van der Waals surface area contributed by atoms with E-state index in [4.69, 9.17) is 23.2 Å². The lowest BCUT2D eigenvalue weighted by molar-refractivity contribution is -0.146. The Hall–Kier alpha value is -1.26. The normalized spacial score (nSPS) is 9.53. The summed E-state index contributed by atoms with van der Waals surface area (Å²) in [4.78, 5) is 26.1. The minimum Gasteiger partial charge on any atom is -0.341 e. The first-order valence-corrected chi connectivity index (χ1v) is 4.69. The Bertz CT molecular complexity index is 406. The second kappa shape index (κ2) is 5.00. The highest BCUT2D eigenvalue weighted by molar-refractivity contribution is 6.42. The summed E-state index contributed by atoms with van der Waals surface area (Å²) in [5, 5.41) is 0.604. The molecule has 15 heavy (non-hydrogen) atoms. The van der Waals surface area contributed by atoms with Gasteiger partial charge in [0.05, 0.1) is 10.0 Å². The molecule has 0 aliphatic carbocycles. The molecular formula is C9H7Cl2NO3. The minimum atomic E-state index is -0.608. The molecule has 0 aliphatic rings. The number of amides is 1. The fraction of sp³-hybridized carbons (Fsp3) is 0.111. The molecule has 0 heterocycles. The highest BCUT2D eigenvalue weighted by Gasteiger charge is 2.08. The van der Waals surface area contributed by atoms with E-state index >= 15 is 0 Å². The van der Waals surface area contributed by atoms with E-state index in [0.29, 0.717) is 5.02 Å². The Kier molecular flexibility index (Phi) is 3.94. The lowest BCUT2D eigenvalue weighted by atomic mass is 10.2. The molecule has 6 heteroatoms. The predicted molar refractivity (Wildman–Crippen MR) is 55.7 cm³/mol. The predicted octanol–water partition coefficient (Wildman–Crippen LogP) is 2.20. The Labute approximate surface area is 96.1 Å². The molecular weight excluding hydrogens is 241 g/mol. The van der Waals surface area contributed by atoms with Gasteiger partial charge in [-0.3, -0.25) is 9.59 Å². The number of benzene rings is 1. The van der Waals surface area contributed by atoms with Crippen LogP contribution in [0.15, 0.2) is 18.2 Å². The molecule has 0 aliphatic heterocycles. The lowest BCUT2D eigenvalue weighted by Gasteiger charge is -2.04. The number of rotatable bonds is 1. The topological polar surface area (TPSA) is 55.4 Å². The van der Waals surface area contributed by atoms with Crippen molar-refractivity contribution in [1.82, 2.24) is 5.48 Å². The maximum Gasteiger partial charge on any atom is 0.329 e. The maximum absolute atomic E-state index is 11.3. The van der Waals surface area contributed by atoms with Crippen LogP contribution in [0.25, 0.3) is 0 Å². The van der Waals surface area contributed by atoms with Crippen LogP contribution >= 0.6 is 23.2 Å². The van der Waals surface area contributed by atoms with Crippen LogP contribution in [0.3, 0.4) is 0 Å². The van der Waals surface area contributed by atoms with E-state index in [9.17, 15) is 9.59 Å². The van der Waals surface area contributed by atoms with Crippen molar-refractivity contribution in [3.8, 4) is 0 Å². The molecule has 1 rings (SSSR count). The van der Waals surface area contributed by atoms with Crippen molar-refractivity contribution in [2.45, 2.75) is 6.92 Å². The average Bonchev–Trinajstić information content (AvgIpc) is 2.18. The Morgan fingerprint density at radius 3 is 2.47 bits per heavy atom. The van der Waals surface area contributed by atoms with Crippen molar-refractivity contribution < 1.29 is 14.4 Å². The van der Waals surface area contributed by atoms with Crippen LogP contribution in [0.4, 0.5) is 0 Å². The summed E-state index contributed by atoms with van der Waals surface area (Å²) < 4.78 is 0. The van der Waals surface area contributed by atoms with E-state index in [1.807, 2.05) is 5.48 Å². The number of hydrogen-bond acceptors (Lipinski definition) is 3. The molecule has 4 nitrogen and oxygen atoms in total. The van der Waals surface area contributed by atoms with Crippen LogP contribution in [0.1, 0.15) is 17.3 Å². The molecule has 0 saturated heterocycles. The maximum atomic E-state index is 11.3. The van der Waals surface area contributed by atoms with Gasteiger partial charge in [0, 0.05) is 12.5 Å². The Morgan fingerprint density at radius 1 is 1.27 bits per heavy atom. The van der Waals surface area contributed by atoms with E-state index < -0.39 is 11.9 Å². The van der Waals surface area contributed by atoms with E-state index in [-0.39, 0.29) is 10.6 Å². The standard InChI is InChI=1S/C9H7Cl2NO3/c1-5(13)15-12-9(14)6-2-3-7(10)8(11)4-6/h2-4H,1H3,(H,12,14). The molecule has 1 N–H and O–H groups in total. The lowest BCUT2D eigenvalue weighted by Crippen LogP contribution is -2.25. The molecule has 0 unspecified atom stereocenters. The van der Waals surface area contributed by atoms with Gasteiger partial charge in [-0.25, -0.2) is 0 Å². The van der Waals surface area contributed by atoms with Crippen LogP contribution in [0.5, 0.6) is 0 Å². The zero-order valence-electron chi connectivity index (χ0n) is 7.71. The van der Waals surface area contributed by atoms with Gasteiger partial charge in [0.2, 0.25) is 0 Å².